The van der Waals surface area contributed by atoms with Gasteiger partial charge in [-0.1, -0.05) is 30.7 Å². The van der Waals surface area contributed by atoms with Crippen molar-refractivity contribution in [3.05, 3.63) is 74.4 Å². The number of likely N-dealkylation sites (tertiary alicyclic amines) is 1. The number of piperidine rings is 1. The molecule has 4 nitrogen and oxygen atoms in total. The standard InChI is InChI=1S/C24H26ClFN2O2/c1-3-16-13-27-24(29)20-11-22(26)23(12-19(16)20)30-18-6-8-28(9-7-18)14-17-5-4-15(2)10-21(17)25/h4-5,10-13,18H,3,6-9,14H2,1-2H3,(H,27,29). The molecule has 2 aromatic carbocycles. The summed E-state index contributed by atoms with van der Waals surface area (Å²) in [6.07, 6.45) is 4.03. The first-order valence-electron chi connectivity index (χ1n) is 10.4. The fraction of sp³-hybridized carbons (Fsp3) is 0.375. The molecule has 0 saturated carbocycles. The molecule has 0 bridgehead atoms. The van der Waals surface area contributed by atoms with E-state index in [1.165, 1.54) is 6.07 Å². The maximum Gasteiger partial charge on any atom is 0.255 e. The number of benzene rings is 2. The Kier molecular flexibility index (Phi) is 6.11. The molecule has 1 aromatic heterocycles. The van der Waals surface area contributed by atoms with E-state index < -0.39 is 5.82 Å². The van der Waals surface area contributed by atoms with Gasteiger partial charge in [-0.2, -0.15) is 0 Å². The van der Waals surface area contributed by atoms with Crippen LogP contribution in [-0.4, -0.2) is 29.1 Å². The molecular weight excluding hydrogens is 403 g/mol. The summed E-state index contributed by atoms with van der Waals surface area (Å²) >= 11 is 6.37. The zero-order valence-corrected chi connectivity index (χ0v) is 18.1. The highest BCUT2D eigenvalue weighted by Crippen LogP contribution is 2.29. The second-order valence-corrected chi connectivity index (χ2v) is 8.42. The summed E-state index contributed by atoms with van der Waals surface area (Å²) in [5.41, 5.74) is 2.97. The highest BCUT2D eigenvalue weighted by Gasteiger charge is 2.23. The van der Waals surface area contributed by atoms with Gasteiger partial charge < -0.3 is 9.72 Å². The molecule has 30 heavy (non-hydrogen) atoms. The van der Waals surface area contributed by atoms with Gasteiger partial charge in [-0.25, -0.2) is 4.39 Å². The highest BCUT2D eigenvalue weighted by atomic mass is 35.5. The molecule has 158 valence electrons. The number of pyridine rings is 1. The number of aromatic nitrogens is 1. The fourth-order valence-electron chi connectivity index (χ4n) is 4.08. The number of ether oxygens (including phenoxy) is 1. The predicted molar refractivity (Wildman–Crippen MR) is 119 cm³/mol. The third-order valence-electron chi connectivity index (χ3n) is 5.85. The first-order valence-corrected chi connectivity index (χ1v) is 10.8. The zero-order valence-electron chi connectivity index (χ0n) is 17.3. The van der Waals surface area contributed by atoms with Gasteiger partial charge in [0.2, 0.25) is 0 Å². The lowest BCUT2D eigenvalue weighted by Gasteiger charge is -2.32. The molecule has 0 unspecified atom stereocenters. The molecule has 1 N–H and O–H groups in total. The summed E-state index contributed by atoms with van der Waals surface area (Å²) < 4.78 is 20.7. The number of halogens is 2. The minimum absolute atomic E-state index is 0.0474. The van der Waals surface area contributed by atoms with Crippen molar-refractivity contribution in [2.75, 3.05) is 13.1 Å². The minimum atomic E-state index is -0.491. The fourth-order valence-corrected chi connectivity index (χ4v) is 4.38. The highest BCUT2D eigenvalue weighted by molar-refractivity contribution is 6.31. The van der Waals surface area contributed by atoms with Gasteiger partial charge in [-0.15, -0.1) is 0 Å². The Labute approximate surface area is 180 Å². The van der Waals surface area contributed by atoms with Crippen molar-refractivity contribution in [1.82, 2.24) is 9.88 Å². The van der Waals surface area contributed by atoms with Gasteiger partial charge >= 0.3 is 0 Å². The van der Waals surface area contributed by atoms with Crippen LogP contribution in [0.3, 0.4) is 0 Å². The SMILES string of the molecule is CCc1c[nH]c(=O)c2cc(F)c(OC3CCN(Cc4ccc(C)cc4Cl)CC3)cc12. The topological polar surface area (TPSA) is 45.3 Å². The second-order valence-electron chi connectivity index (χ2n) is 8.01. The van der Waals surface area contributed by atoms with E-state index in [1.807, 2.05) is 19.9 Å². The molecule has 0 radical (unpaired) electrons. The number of hydrogen-bond donors (Lipinski definition) is 1. The Morgan fingerprint density at radius 3 is 2.63 bits per heavy atom. The number of rotatable bonds is 5. The lowest BCUT2D eigenvalue weighted by atomic mass is 10.0. The van der Waals surface area contributed by atoms with E-state index in [2.05, 4.69) is 22.0 Å². The van der Waals surface area contributed by atoms with Gasteiger partial charge in [0.25, 0.3) is 5.56 Å². The smallest absolute Gasteiger partial charge is 0.255 e. The lowest BCUT2D eigenvalue weighted by Crippen LogP contribution is -2.38. The molecule has 4 rings (SSSR count). The van der Waals surface area contributed by atoms with E-state index >= 15 is 0 Å². The van der Waals surface area contributed by atoms with Gasteiger partial charge in [-0.05, 0) is 66.5 Å². The summed E-state index contributed by atoms with van der Waals surface area (Å²) in [6, 6.07) is 9.12. The maximum atomic E-state index is 14.6. The summed E-state index contributed by atoms with van der Waals surface area (Å²) in [6.45, 7) is 6.57. The van der Waals surface area contributed by atoms with E-state index in [4.69, 9.17) is 16.3 Å². The van der Waals surface area contributed by atoms with Crippen LogP contribution in [0.15, 0.2) is 41.3 Å². The average molecular weight is 429 g/mol. The molecule has 1 saturated heterocycles. The monoisotopic (exact) mass is 428 g/mol. The number of hydrogen-bond acceptors (Lipinski definition) is 3. The van der Waals surface area contributed by atoms with Crippen molar-refractivity contribution >= 4 is 22.4 Å². The van der Waals surface area contributed by atoms with Crippen LogP contribution >= 0.6 is 11.6 Å². The van der Waals surface area contributed by atoms with Gasteiger partial charge in [0.05, 0.1) is 5.39 Å². The number of aryl methyl sites for hydroxylation is 2. The number of nitrogens with zero attached hydrogens (tertiary/aromatic N) is 1. The van der Waals surface area contributed by atoms with Crippen molar-refractivity contribution in [1.29, 1.82) is 0 Å². The van der Waals surface area contributed by atoms with Crippen molar-refractivity contribution in [2.24, 2.45) is 0 Å². The van der Waals surface area contributed by atoms with Gasteiger partial charge in [-0.3, -0.25) is 9.69 Å². The van der Waals surface area contributed by atoms with Crippen LogP contribution in [-0.2, 0) is 13.0 Å². The van der Waals surface area contributed by atoms with E-state index in [0.29, 0.717) is 5.39 Å². The third kappa shape index (κ3) is 4.37. The first-order chi connectivity index (χ1) is 14.4. The summed E-state index contributed by atoms with van der Waals surface area (Å²) in [4.78, 5) is 17.1. The summed E-state index contributed by atoms with van der Waals surface area (Å²) in [5, 5.41) is 1.92. The lowest BCUT2D eigenvalue weighted by molar-refractivity contribution is 0.0937. The Hall–Kier alpha value is -2.37. The number of nitrogens with one attached hydrogen (secondary N) is 1. The molecule has 1 fully saturated rings. The van der Waals surface area contributed by atoms with Crippen molar-refractivity contribution in [3.8, 4) is 5.75 Å². The van der Waals surface area contributed by atoms with E-state index in [1.54, 1.807) is 12.3 Å². The van der Waals surface area contributed by atoms with Gasteiger partial charge in [0.15, 0.2) is 11.6 Å². The van der Waals surface area contributed by atoms with Crippen molar-refractivity contribution < 1.29 is 9.13 Å². The molecule has 6 heteroatoms. The first kappa shape index (κ1) is 20.9. The second kappa shape index (κ2) is 8.78. The number of H-pyrrole nitrogens is 1. The summed E-state index contributed by atoms with van der Waals surface area (Å²) in [5.74, 6) is -0.266. The molecule has 3 aromatic rings. The molecule has 0 aliphatic carbocycles. The average Bonchev–Trinajstić information content (AvgIpc) is 2.73. The van der Waals surface area contributed by atoms with Crippen LogP contribution in [0, 0.1) is 12.7 Å². The zero-order chi connectivity index (χ0) is 21.3. The van der Waals surface area contributed by atoms with E-state index in [9.17, 15) is 9.18 Å². The molecule has 2 heterocycles. The Morgan fingerprint density at radius 2 is 1.93 bits per heavy atom. The molecule has 0 spiro atoms. The molecule has 0 amide bonds. The van der Waals surface area contributed by atoms with Crippen LogP contribution in [0.25, 0.3) is 10.8 Å². The summed E-state index contributed by atoms with van der Waals surface area (Å²) in [7, 11) is 0. The maximum absolute atomic E-state index is 14.6. The van der Waals surface area contributed by atoms with E-state index in [0.717, 1.165) is 66.0 Å². The van der Waals surface area contributed by atoms with Gasteiger partial charge in [0.1, 0.15) is 6.10 Å². The largest absolute Gasteiger partial charge is 0.487 e. The van der Waals surface area contributed by atoms with Gasteiger partial charge in [0, 0.05) is 30.9 Å². The quantitative estimate of drug-likeness (QED) is 0.604. The minimum Gasteiger partial charge on any atom is -0.487 e. The predicted octanol–water partition coefficient (Wildman–Crippen LogP) is 5.23. The number of aromatic amines is 1. The Balaban J connectivity index is 1.44. The molecule has 0 atom stereocenters. The normalized spacial score (nSPS) is 15.6. The Morgan fingerprint density at radius 1 is 1.17 bits per heavy atom. The number of fused-ring (bicyclic) bond motifs is 1. The van der Waals surface area contributed by atoms with Crippen molar-refractivity contribution in [2.45, 2.75) is 45.8 Å². The molecular formula is C24H26ClFN2O2. The third-order valence-corrected chi connectivity index (χ3v) is 6.20. The van der Waals surface area contributed by atoms with Crippen LogP contribution in [0.4, 0.5) is 4.39 Å². The van der Waals surface area contributed by atoms with Crippen LogP contribution in [0.5, 0.6) is 5.75 Å². The van der Waals surface area contributed by atoms with Crippen LogP contribution < -0.4 is 10.3 Å². The molecule has 1 aliphatic rings. The van der Waals surface area contributed by atoms with Crippen molar-refractivity contribution in [3.63, 3.8) is 0 Å². The Bertz CT molecular complexity index is 1120. The van der Waals surface area contributed by atoms with Crippen LogP contribution in [0.1, 0.15) is 36.5 Å². The van der Waals surface area contributed by atoms with Crippen LogP contribution in [0.2, 0.25) is 5.02 Å². The molecule has 1 aliphatic heterocycles. The van der Waals surface area contributed by atoms with E-state index in [-0.39, 0.29) is 17.4 Å².